The van der Waals surface area contributed by atoms with E-state index in [0.717, 1.165) is 5.56 Å². The normalized spacial score (nSPS) is 16.2. The summed E-state index contributed by atoms with van der Waals surface area (Å²) >= 11 is 0. The molecule has 0 aromatic heterocycles. The van der Waals surface area contributed by atoms with E-state index in [2.05, 4.69) is 5.32 Å². The minimum Gasteiger partial charge on any atom is -0.497 e. The molecule has 0 aliphatic carbocycles. The second-order valence-electron chi connectivity index (χ2n) is 6.62. The molecule has 2 aromatic carbocycles. The fourth-order valence-corrected chi connectivity index (χ4v) is 3.26. The zero-order valence-corrected chi connectivity index (χ0v) is 16.0. The number of benzene rings is 2. The Morgan fingerprint density at radius 2 is 1.97 bits per heavy atom. The van der Waals surface area contributed by atoms with Crippen molar-refractivity contribution in [2.24, 2.45) is 0 Å². The van der Waals surface area contributed by atoms with Crippen molar-refractivity contribution in [3.63, 3.8) is 0 Å². The molecule has 0 saturated carbocycles. The number of hydrogen-bond donors (Lipinski definition) is 1. The zero-order chi connectivity index (χ0) is 21.0. The van der Waals surface area contributed by atoms with Crippen LogP contribution < -0.4 is 10.1 Å². The Morgan fingerprint density at radius 3 is 2.62 bits per heavy atom. The van der Waals surface area contributed by atoms with Crippen LogP contribution in [-0.4, -0.2) is 23.9 Å². The number of amides is 1. The van der Waals surface area contributed by atoms with Gasteiger partial charge in [0.1, 0.15) is 12.4 Å². The predicted octanol–water partition coefficient (Wildman–Crippen LogP) is 3.22. The van der Waals surface area contributed by atoms with Gasteiger partial charge in [0.25, 0.3) is 5.69 Å². The van der Waals surface area contributed by atoms with E-state index in [9.17, 15) is 19.7 Å². The molecule has 1 N–H and O–H groups in total. The molecule has 0 radical (unpaired) electrons. The third kappa shape index (κ3) is 4.60. The Hall–Kier alpha value is -3.68. The van der Waals surface area contributed by atoms with Crippen LogP contribution in [0.25, 0.3) is 0 Å². The molecule has 1 aliphatic rings. The number of ether oxygens (including phenoxy) is 2. The van der Waals surface area contributed by atoms with Gasteiger partial charge in [-0.3, -0.25) is 14.9 Å². The van der Waals surface area contributed by atoms with Gasteiger partial charge in [0.15, 0.2) is 0 Å². The molecular weight excluding hydrogens is 376 g/mol. The van der Waals surface area contributed by atoms with E-state index < -0.39 is 16.8 Å². The summed E-state index contributed by atoms with van der Waals surface area (Å²) in [5.41, 5.74) is 1.88. The van der Waals surface area contributed by atoms with Crippen LogP contribution in [0.5, 0.6) is 5.75 Å². The number of nitrogens with zero attached hydrogens (tertiary/aromatic N) is 1. The van der Waals surface area contributed by atoms with Crippen molar-refractivity contribution < 1.29 is 24.0 Å². The Labute approximate surface area is 167 Å². The lowest BCUT2D eigenvalue weighted by Crippen LogP contribution is -2.34. The Morgan fingerprint density at radius 1 is 1.24 bits per heavy atom. The first-order valence-corrected chi connectivity index (χ1v) is 8.94. The number of rotatable bonds is 6. The molecule has 1 aliphatic heterocycles. The van der Waals surface area contributed by atoms with E-state index >= 15 is 0 Å². The monoisotopic (exact) mass is 396 g/mol. The standard InChI is InChI=1S/C21H20N2O6/c1-13-20(21(25)29-12-14-6-8-17(28-2)9-7-14)18(11-19(24)22-13)15-4-3-5-16(10-15)23(26)27/h3-10,18H,11-12H2,1-2H3,(H,22,24)/t18-/m1/s1. The molecule has 0 fully saturated rings. The van der Waals surface area contributed by atoms with E-state index in [1.165, 1.54) is 18.2 Å². The smallest absolute Gasteiger partial charge is 0.336 e. The van der Waals surface area contributed by atoms with E-state index in [4.69, 9.17) is 9.47 Å². The second kappa shape index (κ2) is 8.55. The van der Waals surface area contributed by atoms with Gasteiger partial charge in [-0.2, -0.15) is 0 Å². The molecule has 0 saturated heterocycles. The molecule has 0 spiro atoms. The van der Waals surface area contributed by atoms with Gasteiger partial charge in [0, 0.05) is 30.2 Å². The summed E-state index contributed by atoms with van der Waals surface area (Å²) in [4.78, 5) is 35.5. The first kappa shape index (κ1) is 20.1. The Kier molecular flexibility index (Phi) is 5.92. The van der Waals surface area contributed by atoms with Gasteiger partial charge >= 0.3 is 5.97 Å². The maximum absolute atomic E-state index is 12.8. The number of hydrogen-bond acceptors (Lipinski definition) is 6. The van der Waals surface area contributed by atoms with Gasteiger partial charge in [-0.1, -0.05) is 24.3 Å². The molecule has 1 heterocycles. The summed E-state index contributed by atoms with van der Waals surface area (Å²) in [6.45, 7) is 1.67. The lowest BCUT2D eigenvalue weighted by atomic mass is 9.84. The molecular formula is C21H20N2O6. The fraction of sp³-hybridized carbons (Fsp3) is 0.238. The number of esters is 1. The average molecular weight is 396 g/mol. The number of non-ortho nitro benzene ring substituents is 1. The van der Waals surface area contributed by atoms with Crippen LogP contribution in [0.2, 0.25) is 0 Å². The summed E-state index contributed by atoms with van der Waals surface area (Å²) < 4.78 is 10.6. The first-order valence-electron chi connectivity index (χ1n) is 8.94. The van der Waals surface area contributed by atoms with Gasteiger partial charge < -0.3 is 14.8 Å². The molecule has 8 heteroatoms. The number of allylic oxidation sites excluding steroid dienone is 1. The molecule has 8 nitrogen and oxygen atoms in total. The van der Waals surface area contributed by atoms with Gasteiger partial charge in [-0.25, -0.2) is 4.79 Å². The topological polar surface area (TPSA) is 108 Å². The average Bonchev–Trinajstić information content (AvgIpc) is 2.72. The highest BCUT2D eigenvalue weighted by Crippen LogP contribution is 2.35. The van der Waals surface area contributed by atoms with Crippen molar-refractivity contribution in [2.75, 3.05) is 7.11 Å². The largest absolute Gasteiger partial charge is 0.497 e. The van der Waals surface area contributed by atoms with Gasteiger partial charge in [0.2, 0.25) is 5.91 Å². The Balaban J connectivity index is 1.84. The maximum atomic E-state index is 12.8. The number of carbonyl (C=O) groups is 2. The molecule has 3 rings (SSSR count). The third-order valence-corrected chi connectivity index (χ3v) is 4.70. The second-order valence-corrected chi connectivity index (χ2v) is 6.62. The zero-order valence-electron chi connectivity index (χ0n) is 16.0. The third-order valence-electron chi connectivity index (χ3n) is 4.70. The lowest BCUT2D eigenvalue weighted by molar-refractivity contribution is -0.384. The van der Waals surface area contributed by atoms with Crippen LogP contribution in [-0.2, 0) is 20.9 Å². The molecule has 2 aromatic rings. The molecule has 1 amide bonds. The van der Waals surface area contributed by atoms with Crippen molar-refractivity contribution in [3.05, 3.63) is 81.0 Å². The van der Waals surface area contributed by atoms with E-state index in [1.807, 2.05) is 0 Å². The summed E-state index contributed by atoms with van der Waals surface area (Å²) in [7, 11) is 1.57. The van der Waals surface area contributed by atoms with Crippen molar-refractivity contribution in [1.29, 1.82) is 0 Å². The quantitative estimate of drug-likeness (QED) is 0.456. The number of nitrogens with one attached hydrogen (secondary N) is 1. The first-order chi connectivity index (χ1) is 13.9. The summed E-state index contributed by atoms with van der Waals surface area (Å²) in [5.74, 6) is -0.757. The van der Waals surface area contributed by atoms with Crippen LogP contribution >= 0.6 is 0 Å². The Bertz CT molecular complexity index is 981. The van der Waals surface area contributed by atoms with Gasteiger partial charge in [-0.05, 0) is 30.2 Å². The molecule has 150 valence electrons. The van der Waals surface area contributed by atoms with Crippen molar-refractivity contribution in [3.8, 4) is 5.75 Å². The highest BCUT2D eigenvalue weighted by molar-refractivity contribution is 5.95. The van der Waals surface area contributed by atoms with Crippen LogP contribution in [0.4, 0.5) is 5.69 Å². The van der Waals surface area contributed by atoms with Crippen LogP contribution in [0.15, 0.2) is 59.8 Å². The highest BCUT2D eigenvalue weighted by atomic mass is 16.6. The highest BCUT2D eigenvalue weighted by Gasteiger charge is 2.33. The summed E-state index contributed by atoms with van der Waals surface area (Å²) in [6.07, 6.45) is 0.00543. The molecule has 1 atom stereocenters. The maximum Gasteiger partial charge on any atom is 0.336 e. The lowest BCUT2D eigenvalue weighted by Gasteiger charge is -2.26. The van der Waals surface area contributed by atoms with E-state index in [0.29, 0.717) is 22.6 Å². The molecule has 0 bridgehead atoms. The van der Waals surface area contributed by atoms with Crippen LogP contribution in [0, 0.1) is 10.1 Å². The number of nitro benzene ring substituents is 1. The SMILES string of the molecule is COc1ccc(COC(=O)C2=C(C)NC(=O)C[C@@H]2c2cccc([N+](=O)[O-])c2)cc1. The molecule has 0 unspecified atom stereocenters. The van der Waals surface area contributed by atoms with Crippen LogP contribution in [0.1, 0.15) is 30.4 Å². The number of methoxy groups -OCH3 is 1. The minimum absolute atomic E-state index is 0.00543. The van der Waals surface area contributed by atoms with E-state index in [-0.39, 0.29) is 24.6 Å². The van der Waals surface area contributed by atoms with Crippen molar-refractivity contribution in [1.82, 2.24) is 5.32 Å². The minimum atomic E-state index is -0.619. The molecule has 29 heavy (non-hydrogen) atoms. The van der Waals surface area contributed by atoms with Crippen molar-refractivity contribution >= 4 is 17.6 Å². The van der Waals surface area contributed by atoms with Gasteiger partial charge in [0.05, 0.1) is 17.6 Å². The summed E-state index contributed by atoms with van der Waals surface area (Å²) in [5, 5.41) is 13.7. The van der Waals surface area contributed by atoms with E-state index in [1.54, 1.807) is 44.4 Å². The number of nitro groups is 1. The van der Waals surface area contributed by atoms with Gasteiger partial charge in [-0.15, -0.1) is 0 Å². The number of carbonyl (C=O) groups excluding carboxylic acids is 2. The van der Waals surface area contributed by atoms with Crippen molar-refractivity contribution in [2.45, 2.75) is 25.9 Å². The predicted molar refractivity (Wildman–Crippen MR) is 104 cm³/mol. The van der Waals surface area contributed by atoms with Crippen LogP contribution in [0.3, 0.4) is 0 Å². The fourth-order valence-electron chi connectivity index (χ4n) is 3.26. The summed E-state index contributed by atoms with van der Waals surface area (Å²) in [6, 6.07) is 13.1.